The van der Waals surface area contributed by atoms with Crippen LogP contribution in [0.4, 0.5) is 0 Å². The molecule has 54 valence electrons. The maximum absolute atomic E-state index is 5.24. The Morgan fingerprint density at radius 3 is 2.67 bits per heavy atom. The van der Waals surface area contributed by atoms with Gasteiger partial charge in [0.15, 0.2) is 0 Å². The Kier molecular flexibility index (Phi) is 7.01. The van der Waals surface area contributed by atoms with Crippen LogP contribution in [0.15, 0.2) is 12.8 Å². The van der Waals surface area contributed by atoms with Crippen molar-refractivity contribution in [3.63, 3.8) is 0 Å². The molecule has 0 spiro atoms. The molecule has 9 heavy (non-hydrogen) atoms. The standard InChI is InChI=1S/C6H15N3/c1-2-8-5-6-9-4-3-7/h2,8-9H,1,3-7H2. The smallest absolute Gasteiger partial charge is 0.0266 e. The van der Waals surface area contributed by atoms with Gasteiger partial charge in [-0.05, 0) is 6.20 Å². The molecule has 0 aromatic carbocycles. The van der Waals surface area contributed by atoms with Gasteiger partial charge in [-0.2, -0.15) is 0 Å². The van der Waals surface area contributed by atoms with Crippen molar-refractivity contribution < 1.29 is 0 Å². The van der Waals surface area contributed by atoms with Crippen LogP contribution in [0.25, 0.3) is 0 Å². The summed E-state index contributed by atoms with van der Waals surface area (Å²) in [5, 5.41) is 6.10. The van der Waals surface area contributed by atoms with Crippen LogP contribution in [0.1, 0.15) is 0 Å². The minimum Gasteiger partial charge on any atom is -0.390 e. The van der Waals surface area contributed by atoms with Gasteiger partial charge in [0.2, 0.25) is 0 Å². The Balaban J connectivity index is 2.66. The molecule has 0 unspecified atom stereocenters. The van der Waals surface area contributed by atoms with E-state index in [-0.39, 0.29) is 0 Å². The van der Waals surface area contributed by atoms with E-state index in [1.54, 1.807) is 6.20 Å². The summed E-state index contributed by atoms with van der Waals surface area (Å²) in [5.41, 5.74) is 5.24. The zero-order valence-electron chi connectivity index (χ0n) is 5.69. The lowest BCUT2D eigenvalue weighted by molar-refractivity contribution is 0.666. The molecule has 0 radical (unpaired) electrons. The minimum absolute atomic E-state index is 0.702. The van der Waals surface area contributed by atoms with Crippen LogP contribution < -0.4 is 16.4 Å². The molecular formula is C6H15N3. The second-order valence-corrected chi connectivity index (χ2v) is 1.70. The van der Waals surface area contributed by atoms with E-state index in [1.807, 2.05) is 0 Å². The van der Waals surface area contributed by atoms with Crippen LogP contribution >= 0.6 is 0 Å². The van der Waals surface area contributed by atoms with Gasteiger partial charge >= 0.3 is 0 Å². The van der Waals surface area contributed by atoms with Crippen molar-refractivity contribution in [2.24, 2.45) is 5.73 Å². The van der Waals surface area contributed by atoms with Crippen LogP contribution in [-0.4, -0.2) is 26.2 Å². The molecule has 3 nitrogen and oxygen atoms in total. The molecule has 0 amide bonds. The van der Waals surface area contributed by atoms with E-state index < -0.39 is 0 Å². The van der Waals surface area contributed by atoms with Gasteiger partial charge in [-0.1, -0.05) is 6.58 Å². The Bertz CT molecular complexity index is 63.3. The molecule has 0 bridgehead atoms. The van der Waals surface area contributed by atoms with E-state index in [9.17, 15) is 0 Å². The third-order valence-corrected chi connectivity index (χ3v) is 0.912. The molecule has 0 saturated carbocycles. The fraction of sp³-hybridized carbons (Fsp3) is 0.667. The molecule has 0 rings (SSSR count). The summed E-state index contributed by atoms with van der Waals surface area (Å²) in [6, 6.07) is 0. The maximum atomic E-state index is 5.24. The lowest BCUT2D eigenvalue weighted by atomic mass is 10.5. The summed E-state index contributed by atoms with van der Waals surface area (Å²) >= 11 is 0. The van der Waals surface area contributed by atoms with E-state index in [0.29, 0.717) is 6.54 Å². The number of hydrogen-bond donors (Lipinski definition) is 3. The van der Waals surface area contributed by atoms with Crippen LogP contribution in [0.5, 0.6) is 0 Å². The van der Waals surface area contributed by atoms with Crippen LogP contribution in [0.2, 0.25) is 0 Å². The van der Waals surface area contributed by atoms with Crippen molar-refractivity contribution in [3.05, 3.63) is 12.8 Å². The minimum atomic E-state index is 0.702. The molecule has 4 N–H and O–H groups in total. The first-order valence-corrected chi connectivity index (χ1v) is 3.17. The van der Waals surface area contributed by atoms with Crippen LogP contribution in [0.3, 0.4) is 0 Å². The van der Waals surface area contributed by atoms with Gasteiger partial charge in [-0.15, -0.1) is 0 Å². The first kappa shape index (κ1) is 8.46. The third kappa shape index (κ3) is 7.46. The van der Waals surface area contributed by atoms with Crippen molar-refractivity contribution >= 4 is 0 Å². The highest BCUT2D eigenvalue weighted by atomic mass is 14.9. The van der Waals surface area contributed by atoms with Crippen molar-refractivity contribution in [2.75, 3.05) is 26.2 Å². The van der Waals surface area contributed by atoms with E-state index >= 15 is 0 Å². The van der Waals surface area contributed by atoms with Crippen molar-refractivity contribution in [1.29, 1.82) is 0 Å². The lowest BCUT2D eigenvalue weighted by Gasteiger charge is -2.00. The summed E-state index contributed by atoms with van der Waals surface area (Å²) in [6.45, 7) is 6.97. The molecule has 0 saturated heterocycles. The quantitative estimate of drug-likeness (QED) is 0.414. The monoisotopic (exact) mass is 129 g/mol. The molecular weight excluding hydrogens is 114 g/mol. The molecule has 0 aliphatic heterocycles. The second-order valence-electron chi connectivity index (χ2n) is 1.70. The molecule has 3 heteroatoms. The fourth-order valence-electron chi connectivity index (χ4n) is 0.490. The van der Waals surface area contributed by atoms with Crippen LogP contribution in [-0.2, 0) is 0 Å². The SMILES string of the molecule is C=CNCCNCCN. The Hall–Kier alpha value is -0.540. The van der Waals surface area contributed by atoms with Crippen molar-refractivity contribution in [1.82, 2.24) is 10.6 Å². The Morgan fingerprint density at radius 2 is 2.11 bits per heavy atom. The van der Waals surface area contributed by atoms with Gasteiger partial charge in [0.05, 0.1) is 0 Å². The predicted molar refractivity (Wildman–Crippen MR) is 40.1 cm³/mol. The Morgan fingerprint density at radius 1 is 1.33 bits per heavy atom. The zero-order valence-corrected chi connectivity index (χ0v) is 5.69. The van der Waals surface area contributed by atoms with E-state index in [2.05, 4.69) is 17.2 Å². The average molecular weight is 129 g/mol. The summed E-state index contributed by atoms with van der Waals surface area (Å²) in [4.78, 5) is 0. The molecule has 0 aliphatic rings. The number of nitrogens with two attached hydrogens (primary N) is 1. The average Bonchev–Trinajstić information content (AvgIpc) is 1.89. The van der Waals surface area contributed by atoms with Gasteiger partial charge in [-0.3, -0.25) is 0 Å². The fourth-order valence-corrected chi connectivity index (χ4v) is 0.490. The predicted octanol–water partition coefficient (Wildman–Crippen LogP) is -0.732. The van der Waals surface area contributed by atoms with E-state index in [0.717, 1.165) is 19.6 Å². The van der Waals surface area contributed by atoms with Gasteiger partial charge in [-0.25, -0.2) is 0 Å². The highest BCUT2D eigenvalue weighted by molar-refractivity contribution is 4.63. The lowest BCUT2D eigenvalue weighted by Crippen LogP contribution is -2.28. The summed E-state index contributed by atoms with van der Waals surface area (Å²) in [7, 11) is 0. The molecule has 0 fully saturated rings. The molecule has 0 aromatic heterocycles. The number of nitrogens with one attached hydrogen (secondary N) is 2. The summed E-state index contributed by atoms with van der Waals surface area (Å²) < 4.78 is 0. The summed E-state index contributed by atoms with van der Waals surface area (Å²) in [6.07, 6.45) is 1.68. The van der Waals surface area contributed by atoms with Gasteiger partial charge in [0.25, 0.3) is 0 Å². The molecule has 0 aliphatic carbocycles. The van der Waals surface area contributed by atoms with Crippen LogP contribution in [0, 0.1) is 0 Å². The normalized spacial score (nSPS) is 9.00. The van der Waals surface area contributed by atoms with E-state index in [1.165, 1.54) is 0 Å². The maximum Gasteiger partial charge on any atom is 0.0266 e. The highest BCUT2D eigenvalue weighted by Crippen LogP contribution is 1.56. The van der Waals surface area contributed by atoms with Gasteiger partial charge < -0.3 is 16.4 Å². The van der Waals surface area contributed by atoms with Gasteiger partial charge in [0.1, 0.15) is 0 Å². The first-order chi connectivity index (χ1) is 4.41. The summed E-state index contributed by atoms with van der Waals surface area (Å²) in [5.74, 6) is 0. The topological polar surface area (TPSA) is 50.1 Å². The molecule has 0 aromatic rings. The molecule has 0 atom stereocenters. The zero-order chi connectivity index (χ0) is 6.95. The number of rotatable bonds is 6. The molecule has 0 heterocycles. The van der Waals surface area contributed by atoms with Crippen molar-refractivity contribution in [3.8, 4) is 0 Å². The largest absolute Gasteiger partial charge is 0.390 e. The highest BCUT2D eigenvalue weighted by Gasteiger charge is 1.80. The van der Waals surface area contributed by atoms with Gasteiger partial charge in [0, 0.05) is 26.2 Å². The first-order valence-electron chi connectivity index (χ1n) is 3.17. The second kappa shape index (κ2) is 7.46. The number of hydrogen-bond acceptors (Lipinski definition) is 3. The van der Waals surface area contributed by atoms with Crippen molar-refractivity contribution in [2.45, 2.75) is 0 Å². The third-order valence-electron chi connectivity index (χ3n) is 0.912. The Labute approximate surface area is 56.3 Å². The van der Waals surface area contributed by atoms with E-state index in [4.69, 9.17) is 5.73 Å².